The van der Waals surface area contributed by atoms with Gasteiger partial charge >= 0.3 is 0 Å². The van der Waals surface area contributed by atoms with E-state index < -0.39 is 0 Å². The lowest BCUT2D eigenvalue weighted by Gasteiger charge is -2.23. The third-order valence-corrected chi connectivity index (χ3v) is 5.38. The Morgan fingerprint density at radius 3 is 3.13 bits per heavy atom. The highest BCUT2D eigenvalue weighted by Crippen LogP contribution is 2.41. The molecular weight excluding hydrogens is 272 g/mol. The van der Waals surface area contributed by atoms with E-state index in [1.54, 1.807) is 0 Å². The highest BCUT2D eigenvalue weighted by atomic mass is 79.9. The second-order valence-electron chi connectivity index (χ2n) is 4.14. The maximum Gasteiger partial charge on any atom is 0.169 e. The molecule has 4 heteroatoms. The van der Waals surface area contributed by atoms with Gasteiger partial charge in [-0.25, -0.2) is 4.98 Å². The van der Waals surface area contributed by atoms with E-state index in [0.29, 0.717) is 0 Å². The lowest BCUT2D eigenvalue weighted by atomic mass is 10.1. The molecule has 0 fully saturated rings. The molecule has 1 aromatic heterocycles. The van der Waals surface area contributed by atoms with Crippen LogP contribution in [0.3, 0.4) is 0 Å². The van der Waals surface area contributed by atoms with E-state index in [4.69, 9.17) is 0 Å². The minimum atomic E-state index is 0.163. The van der Waals surface area contributed by atoms with Gasteiger partial charge in [-0.3, -0.25) is 0 Å². The highest BCUT2D eigenvalue weighted by molar-refractivity contribution is 9.09. The second kappa shape index (κ2) is 3.25. The topological polar surface area (TPSA) is 17.8 Å². The van der Waals surface area contributed by atoms with E-state index in [1.807, 2.05) is 17.8 Å². The van der Waals surface area contributed by atoms with E-state index in [-0.39, 0.29) is 5.54 Å². The lowest BCUT2D eigenvalue weighted by Crippen LogP contribution is -2.30. The Balaban J connectivity index is 2.34. The van der Waals surface area contributed by atoms with Gasteiger partial charge in [0.2, 0.25) is 0 Å². The van der Waals surface area contributed by atoms with Gasteiger partial charge in [0.15, 0.2) is 5.16 Å². The average Bonchev–Trinajstić information content (AvgIpc) is 2.78. The van der Waals surface area contributed by atoms with Crippen LogP contribution < -0.4 is 0 Å². The number of aromatic nitrogens is 2. The molecule has 0 bridgehead atoms. The smallest absolute Gasteiger partial charge is 0.169 e. The number of para-hydroxylation sites is 2. The Morgan fingerprint density at radius 2 is 2.33 bits per heavy atom. The number of rotatable bonds is 1. The van der Waals surface area contributed by atoms with Crippen molar-refractivity contribution in [3.63, 3.8) is 0 Å². The van der Waals surface area contributed by atoms with Crippen LogP contribution in [0.15, 0.2) is 29.4 Å². The third kappa shape index (κ3) is 1.27. The molecule has 0 saturated carbocycles. The Bertz CT molecular complexity index is 522. The summed E-state index contributed by atoms with van der Waals surface area (Å²) < 4.78 is 2.36. The van der Waals surface area contributed by atoms with E-state index in [0.717, 1.165) is 21.8 Å². The molecule has 0 aliphatic carbocycles. The summed E-state index contributed by atoms with van der Waals surface area (Å²) in [5, 5.41) is 2.12. The van der Waals surface area contributed by atoms with Crippen LogP contribution in [0.4, 0.5) is 0 Å². The van der Waals surface area contributed by atoms with Gasteiger partial charge < -0.3 is 4.57 Å². The van der Waals surface area contributed by atoms with Gasteiger partial charge in [-0.2, -0.15) is 0 Å². The van der Waals surface area contributed by atoms with Gasteiger partial charge in [0.1, 0.15) is 0 Å². The quantitative estimate of drug-likeness (QED) is 0.748. The molecular formula is C11H11BrN2S. The van der Waals surface area contributed by atoms with E-state index in [2.05, 4.69) is 50.6 Å². The maximum absolute atomic E-state index is 4.64. The van der Waals surface area contributed by atoms with Gasteiger partial charge in [-0.1, -0.05) is 39.8 Å². The molecule has 1 aliphatic heterocycles. The molecule has 1 atom stereocenters. The zero-order valence-corrected chi connectivity index (χ0v) is 10.8. The van der Waals surface area contributed by atoms with Crippen molar-refractivity contribution in [2.75, 3.05) is 11.1 Å². The molecule has 3 rings (SSSR count). The third-order valence-electron chi connectivity index (χ3n) is 2.87. The summed E-state index contributed by atoms with van der Waals surface area (Å²) in [4.78, 5) is 4.64. The second-order valence-corrected chi connectivity index (χ2v) is 5.64. The standard InChI is InChI=1S/C11H11BrN2S/c1-11(6-12)7-15-10-13-8-4-2-3-5-9(8)14(10)11/h2-5H,6-7H2,1H3. The summed E-state index contributed by atoms with van der Waals surface area (Å²) in [5.74, 6) is 1.10. The molecule has 2 heterocycles. The van der Waals surface area contributed by atoms with Crippen LogP contribution in [0.2, 0.25) is 0 Å². The molecule has 2 aromatic rings. The van der Waals surface area contributed by atoms with Crippen molar-refractivity contribution in [1.82, 2.24) is 9.55 Å². The minimum absolute atomic E-state index is 0.163. The van der Waals surface area contributed by atoms with Gasteiger partial charge in [0.05, 0.1) is 16.6 Å². The summed E-state index contributed by atoms with van der Waals surface area (Å²) in [7, 11) is 0. The van der Waals surface area contributed by atoms with E-state index in [9.17, 15) is 0 Å². The monoisotopic (exact) mass is 282 g/mol. The number of imidazole rings is 1. The Kier molecular flexibility index (Phi) is 2.11. The SMILES string of the molecule is CC1(CBr)CSc2nc3ccccc3n21. The van der Waals surface area contributed by atoms with Crippen molar-refractivity contribution in [1.29, 1.82) is 0 Å². The van der Waals surface area contributed by atoms with Crippen LogP contribution in [0.25, 0.3) is 11.0 Å². The Labute approximate surface area is 101 Å². The summed E-state index contributed by atoms with van der Waals surface area (Å²) in [6.45, 7) is 2.28. The summed E-state index contributed by atoms with van der Waals surface area (Å²) in [6.07, 6.45) is 0. The minimum Gasteiger partial charge on any atom is -0.311 e. The molecule has 0 saturated heterocycles. The molecule has 0 N–H and O–H groups in total. The molecule has 2 nitrogen and oxygen atoms in total. The first-order valence-corrected chi connectivity index (χ1v) is 7.02. The fourth-order valence-electron chi connectivity index (χ4n) is 2.01. The van der Waals surface area contributed by atoms with Crippen LogP contribution >= 0.6 is 27.7 Å². The van der Waals surface area contributed by atoms with Crippen molar-refractivity contribution >= 4 is 38.7 Å². The largest absolute Gasteiger partial charge is 0.311 e. The molecule has 0 spiro atoms. The first-order chi connectivity index (χ1) is 7.24. The zero-order valence-electron chi connectivity index (χ0n) is 8.40. The summed E-state index contributed by atoms with van der Waals surface area (Å²) in [6, 6.07) is 8.35. The number of thioether (sulfide) groups is 1. The molecule has 15 heavy (non-hydrogen) atoms. The Morgan fingerprint density at radius 1 is 1.53 bits per heavy atom. The molecule has 0 amide bonds. The lowest BCUT2D eigenvalue weighted by molar-refractivity contribution is 0.418. The van der Waals surface area contributed by atoms with E-state index >= 15 is 0 Å². The van der Waals surface area contributed by atoms with E-state index in [1.165, 1.54) is 5.52 Å². The Hall–Kier alpha value is -0.480. The highest BCUT2D eigenvalue weighted by Gasteiger charge is 2.35. The number of alkyl halides is 1. The van der Waals surface area contributed by atoms with Crippen LogP contribution in [-0.4, -0.2) is 20.6 Å². The van der Waals surface area contributed by atoms with Crippen LogP contribution in [-0.2, 0) is 5.54 Å². The molecule has 78 valence electrons. The number of nitrogens with zero attached hydrogens (tertiary/aromatic N) is 2. The van der Waals surface area contributed by atoms with Crippen molar-refractivity contribution in [3.8, 4) is 0 Å². The van der Waals surface area contributed by atoms with Crippen LogP contribution in [0, 0.1) is 0 Å². The average molecular weight is 283 g/mol. The number of fused-ring (bicyclic) bond motifs is 3. The fourth-order valence-corrected chi connectivity index (χ4v) is 4.00. The maximum atomic E-state index is 4.64. The van der Waals surface area contributed by atoms with Crippen molar-refractivity contribution in [2.45, 2.75) is 17.6 Å². The summed E-state index contributed by atoms with van der Waals surface area (Å²) in [5.41, 5.74) is 2.52. The van der Waals surface area contributed by atoms with Gasteiger partial charge in [0, 0.05) is 11.1 Å². The first-order valence-electron chi connectivity index (χ1n) is 4.91. The first kappa shape index (κ1) is 9.73. The molecule has 1 aliphatic rings. The van der Waals surface area contributed by atoms with Crippen molar-refractivity contribution in [3.05, 3.63) is 24.3 Å². The number of hydrogen-bond acceptors (Lipinski definition) is 2. The zero-order chi connectivity index (χ0) is 10.5. The van der Waals surface area contributed by atoms with Gasteiger partial charge in [-0.15, -0.1) is 0 Å². The normalized spacial score (nSPS) is 24.7. The number of benzene rings is 1. The van der Waals surface area contributed by atoms with Crippen LogP contribution in [0.1, 0.15) is 6.92 Å². The molecule has 1 unspecified atom stereocenters. The number of hydrogen-bond donors (Lipinski definition) is 0. The summed E-state index contributed by atoms with van der Waals surface area (Å²) >= 11 is 5.46. The fraction of sp³-hybridized carbons (Fsp3) is 0.364. The van der Waals surface area contributed by atoms with Crippen LogP contribution in [0.5, 0.6) is 0 Å². The van der Waals surface area contributed by atoms with Crippen molar-refractivity contribution in [2.24, 2.45) is 0 Å². The number of halogens is 1. The van der Waals surface area contributed by atoms with Crippen molar-refractivity contribution < 1.29 is 0 Å². The van der Waals surface area contributed by atoms with Gasteiger partial charge in [0.25, 0.3) is 0 Å². The predicted molar refractivity (Wildman–Crippen MR) is 67.9 cm³/mol. The molecule has 0 radical (unpaired) electrons. The molecule has 1 aromatic carbocycles. The van der Waals surface area contributed by atoms with Gasteiger partial charge in [-0.05, 0) is 19.1 Å². The predicted octanol–water partition coefficient (Wildman–Crippen LogP) is 3.25.